The second-order valence-corrected chi connectivity index (χ2v) is 6.80. The Hall–Kier alpha value is -2.60. The summed E-state index contributed by atoms with van der Waals surface area (Å²) >= 11 is 0. The van der Waals surface area contributed by atoms with Gasteiger partial charge < -0.3 is 0 Å². The Morgan fingerprint density at radius 1 is 1.23 bits per heavy atom. The minimum atomic E-state index is 0.506. The molecule has 0 N–H and O–H groups in total. The molecular formula is C23H27N3. The van der Waals surface area contributed by atoms with Crippen molar-refractivity contribution in [2.24, 2.45) is 5.92 Å². The van der Waals surface area contributed by atoms with Crippen LogP contribution >= 0.6 is 0 Å². The van der Waals surface area contributed by atoms with E-state index in [9.17, 15) is 0 Å². The molecule has 0 bridgehead atoms. The summed E-state index contributed by atoms with van der Waals surface area (Å²) in [5.41, 5.74) is 3.60. The van der Waals surface area contributed by atoms with Crippen LogP contribution < -0.4 is 0 Å². The lowest BCUT2D eigenvalue weighted by Crippen LogP contribution is -2.01. The van der Waals surface area contributed by atoms with Gasteiger partial charge in [0.05, 0.1) is 17.5 Å². The lowest BCUT2D eigenvalue weighted by Gasteiger charge is -2.13. The third-order valence-electron chi connectivity index (χ3n) is 4.87. The summed E-state index contributed by atoms with van der Waals surface area (Å²) in [6, 6.07) is 1.96. The molecule has 2 aromatic rings. The van der Waals surface area contributed by atoms with Crippen LogP contribution in [0.2, 0.25) is 0 Å². The topological polar surface area (TPSA) is 30.2 Å². The van der Waals surface area contributed by atoms with E-state index >= 15 is 0 Å². The first-order chi connectivity index (χ1) is 12.8. The average Bonchev–Trinajstić information content (AvgIpc) is 3.04. The second kappa shape index (κ2) is 9.20. The summed E-state index contributed by atoms with van der Waals surface area (Å²) in [6.45, 7) is 5.90. The fourth-order valence-corrected chi connectivity index (χ4v) is 3.36. The lowest BCUT2D eigenvalue weighted by atomic mass is 9.91. The molecule has 134 valence electrons. The number of hydrogen-bond acceptors (Lipinski definition) is 2. The van der Waals surface area contributed by atoms with Gasteiger partial charge in [0.1, 0.15) is 0 Å². The molecule has 26 heavy (non-hydrogen) atoms. The molecule has 3 rings (SSSR count). The molecule has 1 saturated carbocycles. The monoisotopic (exact) mass is 345 g/mol. The molecule has 0 aliphatic heterocycles. The summed E-state index contributed by atoms with van der Waals surface area (Å²) in [7, 11) is 0. The zero-order valence-corrected chi connectivity index (χ0v) is 15.6. The third kappa shape index (κ3) is 4.52. The summed E-state index contributed by atoms with van der Waals surface area (Å²) in [4.78, 5) is 4.78. The van der Waals surface area contributed by atoms with Crippen molar-refractivity contribution in [3.63, 3.8) is 0 Å². The molecule has 1 aliphatic rings. The van der Waals surface area contributed by atoms with Crippen LogP contribution in [0.1, 0.15) is 63.1 Å². The van der Waals surface area contributed by atoms with Crippen LogP contribution in [0, 0.1) is 17.8 Å². The molecule has 0 amide bonds. The quantitative estimate of drug-likeness (QED) is 0.536. The number of aromatic nitrogens is 3. The van der Waals surface area contributed by atoms with Gasteiger partial charge >= 0.3 is 0 Å². The lowest BCUT2D eigenvalue weighted by molar-refractivity contribution is 0.444. The highest BCUT2D eigenvalue weighted by Crippen LogP contribution is 2.22. The molecule has 1 fully saturated rings. The molecule has 0 atom stereocenters. The van der Waals surface area contributed by atoms with Crippen molar-refractivity contribution in [1.29, 1.82) is 0 Å². The van der Waals surface area contributed by atoms with Gasteiger partial charge in [-0.25, -0.2) is 9.50 Å². The molecule has 0 unspecified atom stereocenters. The highest BCUT2D eigenvalue weighted by molar-refractivity contribution is 5.73. The smallest absolute Gasteiger partial charge is 0.171 e. The van der Waals surface area contributed by atoms with E-state index in [0.29, 0.717) is 5.92 Å². The number of rotatable bonds is 3. The van der Waals surface area contributed by atoms with Crippen LogP contribution in [0.3, 0.4) is 0 Å². The van der Waals surface area contributed by atoms with E-state index in [1.165, 1.54) is 44.9 Å². The Morgan fingerprint density at radius 3 is 2.73 bits per heavy atom. The van der Waals surface area contributed by atoms with Crippen LogP contribution in [0.4, 0.5) is 0 Å². The van der Waals surface area contributed by atoms with E-state index in [1.54, 1.807) is 4.52 Å². The average molecular weight is 345 g/mol. The highest BCUT2D eigenvalue weighted by Gasteiger charge is 2.10. The van der Waals surface area contributed by atoms with Crippen molar-refractivity contribution in [1.82, 2.24) is 14.6 Å². The largest absolute Gasteiger partial charge is 0.227 e. The number of fused-ring (bicyclic) bond motifs is 1. The minimum absolute atomic E-state index is 0.506. The molecular weight excluding hydrogens is 318 g/mol. The fourth-order valence-electron chi connectivity index (χ4n) is 3.36. The van der Waals surface area contributed by atoms with Crippen LogP contribution in [-0.2, 0) is 0 Å². The van der Waals surface area contributed by atoms with Gasteiger partial charge in [0.2, 0.25) is 0 Å². The zero-order chi connectivity index (χ0) is 18.2. The summed E-state index contributed by atoms with van der Waals surface area (Å²) in [5.74, 6) is 7.36. The molecule has 2 aromatic heterocycles. The summed E-state index contributed by atoms with van der Waals surface area (Å²) in [6.07, 6.45) is 20.7. The number of hydrogen-bond donors (Lipinski definition) is 0. The Balaban J connectivity index is 1.89. The molecule has 3 nitrogen and oxygen atoms in total. The van der Waals surface area contributed by atoms with Gasteiger partial charge in [0, 0.05) is 12.1 Å². The van der Waals surface area contributed by atoms with Crippen molar-refractivity contribution < 1.29 is 0 Å². The van der Waals surface area contributed by atoms with Gasteiger partial charge in [-0.05, 0) is 31.4 Å². The molecule has 0 aromatic carbocycles. The maximum Gasteiger partial charge on any atom is 0.171 e. The SMILES string of the molecule is C=C/C(=C\C=C/C)c1ccn2ncc(C#CC3CCCCCCC3)c2n1. The molecule has 2 heterocycles. The third-order valence-corrected chi connectivity index (χ3v) is 4.87. The molecule has 0 spiro atoms. The molecule has 3 heteroatoms. The van der Waals surface area contributed by atoms with E-state index in [4.69, 9.17) is 4.98 Å². The van der Waals surface area contributed by atoms with E-state index < -0.39 is 0 Å². The zero-order valence-electron chi connectivity index (χ0n) is 15.6. The maximum absolute atomic E-state index is 4.78. The summed E-state index contributed by atoms with van der Waals surface area (Å²) in [5, 5.41) is 4.40. The van der Waals surface area contributed by atoms with E-state index in [1.807, 2.05) is 49.7 Å². The molecule has 0 radical (unpaired) electrons. The van der Waals surface area contributed by atoms with Crippen molar-refractivity contribution in [2.45, 2.75) is 51.9 Å². The molecule has 0 saturated heterocycles. The predicted molar refractivity (Wildman–Crippen MR) is 109 cm³/mol. The first-order valence-electron chi connectivity index (χ1n) is 9.63. The second-order valence-electron chi connectivity index (χ2n) is 6.80. The fraction of sp³-hybridized carbons (Fsp3) is 0.391. The standard InChI is InChI=1S/C23H27N3/c1-3-5-13-20(4-2)22-16-17-26-23(25-22)21(18-24-26)15-14-19-11-9-7-6-8-10-12-19/h3-5,13,16-19H,2,6-12H2,1H3/b5-3-,20-13+. The van der Waals surface area contributed by atoms with Gasteiger partial charge in [-0.15, -0.1) is 0 Å². The number of allylic oxidation sites excluding steroid dienone is 5. The number of nitrogens with zero attached hydrogens (tertiary/aromatic N) is 3. The Labute approximate surface area is 156 Å². The van der Waals surface area contributed by atoms with Gasteiger partial charge in [-0.1, -0.05) is 74.8 Å². The van der Waals surface area contributed by atoms with Crippen LogP contribution in [0.15, 0.2) is 49.3 Å². The van der Waals surface area contributed by atoms with Crippen molar-refractivity contribution in [3.8, 4) is 11.8 Å². The highest BCUT2D eigenvalue weighted by atomic mass is 15.2. The van der Waals surface area contributed by atoms with E-state index in [0.717, 1.165) is 22.5 Å². The van der Waals surface area contributed by atoms with Crippen LogP contribution in [0.5, 0.6) is 0 Å². The summed E-state index contributed by atoms with van der Waals surface area (Å²) < 4.78 is 1.79. The molecule has 1 aliphatic carbocycles. The van der Waals surface area contributed by atoms with E-state index in [2.05, 4.69) is 23.5 Å². The van der Waals surface area contributed by atoms with Crippen molar-refractivity contribution >= 4 is 11.2 Å². The van der Waals surface area contributed by atoms with E-state index in [-0.39, 0.29) is 0 Å². The minimum Gasteiger partial charge on any atom is -0.227 e. The maximum atomic E-state index is 4.78. The van der Waals surface area contributed by atoms with Gasteiger partial charge in [-0.3, -0.25) is 0 Å². The van der Waals surface area contributed by atoms with Crippen LogP contribution in [-0.4, -0.2) is 14.6 Å². The van der Waals surface area contributed by atoms with Gasteiger partial charge in [-0.2, -0.15) is 5.10 Å². The van der Waals surface area contributed by atoms with Crippen LogP contribution in [0.25, 0.3) is 11.2 Å². The first kappa shape index (κ1) is 18.2. The Kier molecular flexibility index (Phi) is 6.44. The van der Waals surface area contributed by atoms with Crippen molar-refractivity contribution in [3.05, 3.63) is 60.6 Å². The normalized spacial score (nSPS) is 16.9. The first-order valence-corrected chi connectivity index (χ1v) is 9.63. The van der Waals surface area contributed by atoms with Gasteiger partial charge in [0.15, 0.2) is 5.65 Å². The predicted octanol–water partition coefficient (Wildman–Crippen LogP) is 5.59. The Morgan fingerprint density at radius 2 is 2.00 bits per heavy atom. The van der Waals surface area contributed by atoms with Gasteiger partial charge in [0.25, 0.3) is 0 Å². The van der Waals surface area contributed by atoms with Crippen molar-refractivity contribution in [2.75, 3.05) is 0 Å². The Bertz CT molecular complexity index is 866.